The van der Waals surface area contributed by atoms with Gasteiger partial charge in [-0.15, -0.1) is 0 Å². The Morgan fingerprint density at radius 3 is 2.56 bits per heavy atom. The van der Waals surface area contributed by atoms with Crippen LogP contribution in [0.5, 0.6) is 0 Å². The molecular weight excluding hydrogens is 260 g/mol. The van der Waals surface area contributed by atoms with Crippen molar-refractivity contribution in [1.82, 2.24) is 5.32 Å². The van der Waals surface area contributed by atoms with Gasteiger partial charge in [0.25, 0.3) is 0 Å². The summed E-state index contributed by atoms with van der Waals surface area (Å²) in [5.41, 5.74) is 0.254. The van der Waals surface area contributed by atoms with E-state index in [1.54, 1.807) is 0 Å². The highest BCUT2D eigenvalue weighted by Crippen LogP contribution is 2.32. The fourth-order valence-electron chi connectivity index (χ4n) is 2.12. The predicted molar refractivity (Wildman–Crippen MR) is 88.0 cm³/mol. The van der Waals surface area contributed by atoms with Crippen LogP contribution in [-0.2, 0) is 0 Å². The standard InChI is InChI=1S/C14H28N2S2/c1-6-13(4)9-10-18-12(16-13)15-11-14(7-2,8-3)17-5/h6-11H2,1-5H3,(H,15,16). The number of hydrogen-bond donors (Lipinski definition) is 1. The summed E-state index contributed by atoms with van der Waals surface area (Å²) in [5, 5.41) is 4.79. The van der Waals surface area contributed by atoms with Crippen molar-refractivity contribution < 1.29 is 0 Å². The van der Waals surface area contributed by atoms with Crippen molar-refractivity contribution in [3.8, 4) is 0 Å². The predicted octanol–water partition coefficient (Wildman–Crippen LogP) is 4.16. The molecule has 1 rings (SSSR count). The first kappa shape index (κ1) is 16.2. The van der Waals surface area contributed by atoms with Crippen molar-refractivity contribution in [2.45, 2.75) is 63.7 Å². The molecule has 0 aliphatic carbocycles. The second kappa shape index (κ2) is 7.09. The zero-order chi connectivity index (χ0) is 13.6. The van der Waals surface area contributed by atoms with Crippen LogP contribution < -0.4 is 5.32 Å². The van der Waals surface area contributed by atoms with E-state index in [2.05, 4.69) is 39.3 Å². The monoisotopic (exact) mass is 288 g/mol. The molecule has 0 aromatic rings. The highest BCUT2D eigenvalue weighted by Gasteiger charge is 2.29. The maximum atomic E-state index is 4.86. The first-order valence-electron chi connectivity index (χ1n) is 7.03. The molecule has 1 atom stereocenters. The van der Waals surface area contributed by atoms with Crippen LogP contribution in [0.1, 0.15) is 53.4 Å². The largest absolute Gasteiger partial charge is 0.360 e. The van der Waals surface area contributed by atoms with Crippen LogP contribution in [0.3, 0.4) is 0 Å². The summed E-state index contributed by atoms with van der Waals surface area (Å²) in [6, 6.07) is 0. The molecule has 106 valence electrons. The van der Waals surface area contributed by atoms with Crippen molar-refractivity contribution in [2.75, 3.05) is 18.6 Å². The Kier molecular flexibility index (Phi) is 6.39. The number of thioether (sulfide) groups is 2. The van der Waals surface area contributed by atoms with Crippen LogP contribution in [0.15, 0.2) is 4.99 Å². The Morgan fingerprint density at radius 1 is 1.39 bits per heavy atom. The van der Waals surface area contributed by atoms with Gasteiger partial charge in [0.2, 0.25) is 0 Å². The van der Waals surface area contributed by atoms with E-state index >= 15 is 0 Å². The van der Waals surface area contributed by atoms with Crippen LogP contribution in [0.4, 0.5) is 0 Å². The van der Waals surface area contributed by atoms with E-state index in [0.717, 1.165) is 11.7 Å². The molecule has 4 heteroatoms. The van der Waals surface area contributed by atoms with Crippen LogP contribution in [0, 0.1) is 0 Å². The molecule has 0 radical (unpaired) electrons. The summed E-state index contributed by atoms with van der Waals surface area (Å²) in [7, 11) is 0. The van der Waals surface area contributed by atoms with Crippen molar-refractivity contribution in [1.29, 1.82) is 0 Å². The molecular formula is C14H28N2S2. The Hall–Kier alpha value is 0.170. The molecule has 1 aliphatic heterocycles. The molecule has 18 heavy (non-hydrogen) atoms. The van der Waals surface area contributed by atoms with Crippen molar-refractivity contribution in [2.24, 2.45) is 4.99 Å². The van der Waals surface area contributed by atoms with E-state index in [4.69, 9.17) is 4.99 Å². The van der Waals surface area contributed by atoms with Gasteiger partial charge in [-0.25, -0.2) is 0 Å². The van der Waals surface area contributed by atoms with Crippen LogP contribution in [0.25, 0.3) is 0 Å². The zero-order valence-corrected chi connectivity index (χ0v) is 14.1. The summed E-state index contributed by atoms with van der Waals surface area (Å²) in [4.78, 5) is 4.86. The lowest BCUT2D eigenvalue weighted by molar-refractivity contribution is 0.389. The minimum Gasteiger partial charge on any atom is -0.360 e. The molecule has 2 nitrogen and oxygen atoms in total. The number of hydrogen-bond acceptors (Lipinski definition) is 3. The first-order valence-corrected chi connectivity index (χ1v) is 9.24. The third-order valence-corrected chi connectivity index (χ3v) is 6.80. The molecule has 0 amide bonds. The van der Waals surface area contributed by atoms with Crippen LogP contribution >= 0.6 is 23.5 Å². The van der Waals surface area contributed by atoms with Gasteiger partial charge in [0, 0.05) is 16.0 Å². The molecule has 0 saturated carbocycles. The van der Waals surface area contributed by atoms with Gasteiger partial charge in [-0.3, -0.25) is 4.99 Å². The van der Waals surface area contributed by atoms with Gasteiger partial charge in [-0.05, 0) is 38.9 Å². The van der Waals surface area contributed by atoms with Gasteiger partial charge in [0.1, 0.15) is 0 Å². The van der Waals surface area contributed by atoms with Gasteiger partial charge < -0.3 is 5.32 Å². The molecule has 1 aliphatic rings. The van der Waals surface area contributed by atoms with E-state index in [9.17, 15) is 0 Å². The second-order valence-electron chi connectivity index (χ2n) is 5.35. The van der Waals surface area contributed by atoms with Gasteiger partial charge >= 0.3 is 0 Å². The van der Waals surface area contributed by atoms with E-state index in [0.29, 0.717) is 4.75 Å². The quantitative estimate of drug-likeness (QED) is 0.794. The van der Waals surface area contributed by atoms with E-state index in [-0.39, 0.29) is 5.54 Å². The normalized spacial score (nSPS) is 27.3. The van der Waals surface area contributed by atoms with E-state index in [1.807, 2.05) is 23.5 Å². The maximum Gasteiger partial charge on any atom is 0.157 e. The number of rotatable bonds is 6. The number of amidine groups is 1. The molecule has 1 fully saturated rings. The molecule has 0 aromatic heterocycles. The molecule has 1 unspecified atom stereocenters. The molecule has 0 spiro atoms. The van der Waals surface area contributed by atoms with E-state index < -0.39 is 0 Å². The minimum absolute atomic E-state index is 0.254. The van der Waals surface area contributed by atoms with Crippen molar-refractivity contribution >= 4 is 28.7 Å². The average Bonchev–Trinajstić information content (AvgIpc) is 2.41. The van der Waals surface area contributed by atoms with Gasteiger partial charge in [-0.1, -0.05) is 32.5 Å². The number of nitrogens with zero attached hydrogens (tertiary/aromatic N) is 1. The molecule has 0 aromatic carbocycles. The van der Waals surface area contributed by atoms with Crippen molar-refractivity contribution in [3.05, 3.63) is 0 Å². The van der Waals surface area contributed by atoms with Gasteiger partial charge in [0.15, 0.2) is 5.17 Å². The second-order valence-corrected chi connectivity index (χ2v) is 7.71. The smallest absolute Gasteiger partial charge is 0.157 e. The first-order chi connectivity index (χ1) is 8.53. The lowest BCUT2D eigenvalue weighted by Gasteiger charge is -2.36. The van der Waals surface area contributed by atoms with Crippen molar-refractivity contribution in [3.63, 3.8) is 0 Å². The average molecular weight is 289 g/mol. The fraction of sp³-hybridized carbons (Fsp3) is 0.929. The summed E-state index contributed by atoms with van der Waals surface area (Å²) in [6.45, 7) is 10.1. The minimum atomic E-state index is 0.254. The molecule has 1 saturated heterocycles. The lowest BCUT2D eigenvalue weighted by atomic mass is 9.96. The Morgan fingerprint density at radius 2 is 2.06 bits per heavy atom. The summed E-state index contributed by atoms with van der Waals surface area (Å²) >= 11 is 3.85. The third kappa shape index (κ3) is 4.09. The zero-order valence-electron chi connectivity index (χ0n) is 12.5. The lowest BCUT2D eigenvalue weighted by Crippen LogP contribution is -2.48. The van der Waals surface area contributed by atoms with Crippen LogP contribution in [0.2, 0.25) is 0 Å². The topological polar surface area (TPSA) is 24.4 Å². The summed E-state index contributed by atoms with van der Waals surface area (Å²) < 4.78 is 0.329. The van der Waals surface area contributed by atoms with Crippen LogP contribution in [-0.4, -0.2) is 34.0 Å². The fourth-order valence-corrected chi connectivity index (χ4v) is 4.11. The highest BCUT2D eigenvalue weighted by atomic mass is 32.2. The molecule has 0 bridgehead atoms. The van der Waals surface area contributed by atoms with E-state index in [1.165, 1.54) is 31.4 Å². The Labute approximate surface area is 121 Å². The molecule has 1 heterocycles. The summed E-state index contributed by atoms with van der Waals surface area (Å²) in [6.07, 6.45) is 7.00. The highest BCUT2D eigenvalue weighted by molar-refractivity contribution is 8.13. The number of aliphatic imine (C=N–C) groups is 1. The summed E-state index contributed by atoms with van der Waals surface area (Å²) in [5.74, 6) is 1.20. The van der Waals surface area contributed by atoms with Gasteiger partial charge in [0.05, 0.1) is 6.54 Å². The van der Waals surface area contributed by atoms with Gasteiger partial charge in [-0.2, -0.15) is 11.8 Å². The Bertz CT molecular complexity index is 279. The number of nitrogens with one attached hydrogen (secondary N) is 1. The SMILES string of the molecule is CCC1(C)CCSC(=NCC(CC)(CC)SC)N1. The maximum absolute atomic E-state index is 4.86. The third-order valence-electron chi connectivity index (χ3n) is 4.31. The Balaban J connectivity index is 2.66. The molecule has 1 N–H and O–H groups in total.